The van der Waals surface area contributed by atoms with Gasteiger partial charge in [-0.15, -0.1) is 0 Å². The molecule has 1 N–H and O–H groups in total. The van der Waals surface area contributed by atoms with Crippen LogP contribution in [-0.2, 0) is 11.2 Å². The van der Waals surface area contributed by atoms with E-state index in [2.05, 4.69) is 10.2 Å². The van der Waals surface area contributed by atoms with Gasteiger partial charge in [-0.3, -0.25) is 9.59 Å². The molecule has 4 nitrogen and oxygen atoms in total. The van der Waals surface area contributed by atoms with Crippen molar-refractivity contribution in [1.29, 1.82) is 0 Å². The number of piperidine rings is 1. The fraction of sp³-hybridized carbons (Fsp3) is 0.333. The van der Waals surface area contributed by atoms with E-state index in [4.69, 9.17) is 23.2 Å². The molecule has 1 amide bonds. The number of nitrogens with zero attached hydrogens (tertiary/aromatic N) is 1. The summed E-state index contributed by atoms with van der Waals surface area (Å²) in [5, 5.41) is 4.24. The second kappa shape index (κ2) is 9.25. The van der Waals surface area contributed by atoms with Crippen molar-refractivity contribution in [3.63, 3.8) is 0 Å². The summed E-state index contributed by atoms with van der Waals surface area (Å²) in [6, 6.07) is 13.0. The fourth-order valence-electron chi connectivity index (χ4n) is 3.39. The van der Waals surface area contributed by atoms with E-state index in [1.54, 1.807) is 6.07 Å². The number of hydrogen-bond donors (Lipinski definition) is 1. The van der Waals surface area contributed by atoms with Gasteiger partial charge in [-0.1, -0.05) is 23.2 Å². The van der Waals surface area contributed by atoms with Gasteiger partial charge in [0, 0.05) is 46.8 Å². The number of anilines is 1. The molecule has 1 heterocycles. The van der Waals surface area contributed by atoms with Crippen LogP contribution in [0.4, 0.5) is 5.69 Å². The summed E-state index contributed by atoms with van der Waals surface area (Å²) in [4.78, 5) is 25.4. The lowest BCUT2D eigenvalue weighted by atomic mass is 9.95. The third kappa shape index (κ3) is 5.47. The first-order chi connectivity index (χ1) is 13.0. The van der Waals surface area contributed by atoms with Crippen molar-refractivity contribution >= 4 is 41.1 Å². The number of amides is 1. The van der Waals surface area contributed by atoms with Crippen LogP contribution >= 0.6 is 23.2 Å². The number of rotatable bonds is 6. The Hall–Kier alpha value is -2.04. The Morgan fingerprint density at radius 3 is 2.30 bits per heavy atom. The molecule has 1 fully saturated rings. The summed E-state index contributed by atoms with van der Waals surface area (Å²) in [6.07, 6.45) is 3.19. The molecule has 0 aromatic heterocycles. The van der Waals surface area contributed by atoms with Gasteiger partial charge in [0.2, 0.25) is 5.91 Å². The molecule has 1 aliphatic rings. The molecule has 6 heteroatoms. The highest BCUT2D eigenvalue weighted by molar-refractivity contribution is 6.34. The highest BCUT2D eigenvalue weighted by Gasteiger charge is 2.24. The lowest BCUT2D eigenvalue weighted by molar-refractivity contribution is -0.125. The quantitative estimate of drug-likeness (QED) is 0.726. The molecule has 1 saturated heterocycles. The standard InChI is InChI=1S/C21H22Cl2N2O2/c22-18-11-16(12-19(23)13-18)5-8-24-21(27)17-6-9-25(10-7-17)20-3-1-15(14-26)2-4-20/h1-4,11-14,17H,5-10H2,(H,24,27). The number of aldehydes is 1. The first kappa shape index (κ1) is 19.7. The molecule has 0 saturated carbocycles. The summed E-state index contributed by atoms with van der Waals surface area (Å²) in [6.45, 7) is 2.24. The van der Waals surface area contributed by atoms with Crippen LogP contribution < -0.4 is 10.2 Å². The van der Waals surface area contributed by atoms with E-state index < -0.39 is 0 Å². The number of benzene rings is 2. The largest absolute Gasteiger partial charge is 0.371 e. The maximum atomic E-state index is 12.4. The van der Waals surface area contributed by atoms with Gasteiger partial charge in [0.1, 0.15) is 6.29 Å². The number of carbonyl (C=O) groups excluding carboxylic acids is 2. The zero-order valence-corrected chi connectivity index (χ0v) is 16.5. The Labute approximate surface area is 169 Å². The van der Waals surface area contributed by atoms with Gasteiger partial charge in [0.25, 0.3) is 0 Å². The average Bonchev–Trinajstić information content (AvgIpc) is 2.67. The summed E-state index contributed by atoms with van der Waals surface area (Å²) in [5.41, 5.74) is 2.78. The summed E-state index contributed by atoms with van der Waals surface area (Å²) in [7, 11) is 0. The van der Waals surface area contributed by atoms with E-state index in [0.717, 1.165) is 43.5 Å². The Kier molecular flexibility index (Phi) is 6.75. The molecule has 1 aliphatic heterocycles. The first-order valence-corrected chi connectivity index (χ1v) is 9.83. The Morgan fingerprint density at radius 1 is 1.07 bits per heavy atom. The number of hydrogen-bond acceptors (Lipinski definition) is 3. The molecule has 0 radical (unpaired) electrons. The van der Waals surface area contributed by atoms with Crippen molar-refractivity contribution in [3.8, 4) is 0 Å². The lowest BCUT2D eigenvalue weighted by Crippen LogP contribution is -2.41. The molecule has 2 aromatic carbocycles. The van der Waals surface area contributed by atoms with Gasteiger partial charge >= 0.3 is 0 Å². The monoisotopic (exact) mass is 404 g/mol. The number of nitrogens with one attached hydrogen (secondary N) is 1. The van der Waals surface area contributed by atoms with Crippen molar-refractivity contribution in [2.45, 2.75) is 19.3 Å². The summed E-state index contributed by atoms with van der Waals surface area (Å²) in [5.74, 6) is 0.150. The Balaban J connectivity index is 1.44. The predicted molar refractivity (Wildman–Crippen MR) is 110 cm³/mol. The molecule has 142 valence electrons. The molecular formula is C21H22Cl2N2O2. The van der Waals surface area contributed by atoms with Crippen LogP contribution in [0.3, 0.4) is 0 Å². The maximum absolute atomic E-state index is 12.4. The second-order valence-corrected chi connectivity index (χ2v) is 7.66. The minimum absolute atomic E-state index is 0.0402. The van der Waals surface area contributed by atoms with E-state index in [9.17, 15) is 9.59 Å². The van der Waals surface area contributed by atoms with Crippen molar-refractivity contribution in [2.75, 3.05) is 24.5 Å². The van der Waals surface area contributed by atoms with Crippen molar-refractivity contribution in [2.24, 2.45) is 5.92 Å². The smallest absolute Gasteiger partial charge is 0.223 e. The van der Waals surface area contributed by atoms with Gasteiger partial charge in [-0.05, 0) is 67.3 Å². The predicted octanol–water partition coefficient (Wildman–Crippen LogP) is 4.38. The van der Waals surface area contributed by atoms with E-state index in [0.29, 0.717) is 28.6 Å². The summed E-state index contributed by atoms with van der Waals surface area (Å²) < 4.78 is 0. The van der Waals surface area contributed by atoms with Crippen LogP contribution in [0, 0.1) is 5.92 Å². The third-order valence-electron chi connectivity index (χ3n) is 4.90. The molecule has 0 aliphatic carbocycles. The van der Waals surface area contributed by atoms with Gasteiger partial charge < -0.3 is 10.2 Å². The zero-order valence-electron chi connectivity index (χ0n) is 15.0. The molecule has 27 heavy (non-hydrogen) atoms. The Bertz CT molecular complexity index is 780. The molecule has 0 spiro atoms. The topological polar surface area (TPSA) is 49.4 Å². The van der Waals surface area contributed by atoms with Crippen molar-refractivity contribution < 1.29 is 9.59 Å². The van der Waals surface area contributed by atoms with E-state index >= 15 is 0 Å². The van der Waals surface area contributed by atoms with Crippen LogP contribution in [0.2, 0.25) is 10.0 Å². The number of carbonyl (C=O) groups is 2. The van der Waals surface area contributed by atoms with Gasteiger partial charge in [0.15, 0.2) is 0 Å². The van der Waals surface area contributed by atoms with E-state index in [1.165, 1.54) is 0 Å². The minimum Gasteiger partial charge on any atom is -0.371 e. The maximum Gasteiger partial charge on any atom is 0.223 e. The van der Waals surface area contributed by atoms with Crippen molar-refractivity contribution in [3.05, 3.63) is 63.6 Å². The van der Waals surface area contributed by atoms with Gasteiger partial charge in [-0.25, -0.2) is 0 Å². The molecular weight excluding hydrogens is 383 g/mol. The third-order valence-corrected chi connectivity index (χ3v) is 5.33. The molecule has 0 unspecified atom stereocenters. The molecule has 0 atom stereocenters. The molecule has 3 rings (SSSR count). The average molecular weight is 405 g/mol. The highest BCUT2D eigenvalue weighted by Crippen LogP contribution is 2.24. The molecule has 2 aromatic rings. The SMILES string of the molecule is O=Cc1ccc(N2CCC(C(=O)NCCc3cc(Cl)cc(Cl)c3)CC2)cc1. The second-order valence-electron chi connectivity index (χ2n) is 6.79. The van der Waals surface area contributed by atoms with Crippen LogP contribution in [0.5, 0.6) is 0 Å². The van der Waals surface area contributed by atoms with Crippen molar-refractivity contribution in [1.82, 2.24) is 5.32 Å². The van der Waals surface area contributed by atoms with E-state index in [-0.39, 0.29) is 11.8 Å². The van der Waals surface area contributed by atoms with E-state index in [1.807, 2.05) is 36.4 Å². The van der Waals surface area contributed by atoms with Crippen LogP contribution in [-0.4, -0.2) is 31.8 Å². The lowest BCUT2D eigenvalue weighted by Gasteiger charge is -2.33. The van der Waals surface area contributed by atoms with Crippen LogP contribution in [0.1, 0.15) is 28.8 Å². The van der Waals surface area contributed by atoms with Gasteiger partial charge in [0.05, 0.1) is 0 Å². The van der Waals surface area contributed by atoms with Gasteiger partial charge in [-0.2, -0.15) is 0 Å². The fourth-order valence-corrected chi connectivity index (χ4v) is 3.96. The van der Waals surface area contributed by atoms with Crippen LogP contribution in [0.25, 0.3) is 0 Å². The normalized spacial score (nSPS) is 14.8. The van der Waals surface area contributed by atoms with Crippen LogP contribution in [0.15, 0.2) is 42.5 Å². The molecule has 0 bridgehead atoms. The Morgan fingerprint density at radius 2 is 1.70 bits per heavy atom. The zero-order chi connectivity index (χ0) is 19.2. The number of halogens is 2. The first-order valence-electron chi connectivity index (χ1n) is 9.08. The highest BCUT2D eigenvalue weighted by atomic mass is 35.5. The summed E-state index contributed by atoms with van der Waals surface area (Å²) >= 11 is 12.0. The minimum atomic E-state index is 0.0402.